The second-order valence-electron chi connectivity index (χ2n) is 5.03. The smallest absolute Gasteiger partial charge is 0.127 e. The zero-order valence-electron chi connectivity index (χ0n) is 11.3. The molecule has 1 atom stereocenters. The summed E-state index contributed by atoms with van der Waals surface area (Å²) in [5.74, 6) is -0.854. The molecule has 0 spiro atoms. The van der Waals surface area contributed by atoms with Crippen molar-refractivity contribution in [3.63, 3.8) is 0 Å². The molecule has 3 N–H and O–H groups in total. The lowest BCUT2D eigenvalue weighted by atomic mass is 9.76. The maximum atomic E-state index is 14.1. The summed E-state index contributed by atoms with van der Waals surface area (Å²) >= 11 is 3.28. The minimum atomic E-state index is -1.05. The van der Waals surface area contributed by atoms with Crippen LogP contribution in [0.15, 0.2) is 46.9 Å². The summed E-state index contributed by atoms with van der Waals surface area (Å²) in [6.07, 6.45) is 0.117. The number of aliphatic hydroxyl groups is 1. The van der Waals surface area contributed by atoms with Crippen LogP contribution in [-0.2, 0) is 11.8 Å². The quantitative estimate of drug-likeness (QED) is 0.865. The van der Waals surface area contributed by atoms with Gasteiger partial charge in [-0.15, -0.1) is 0 Å². The van der Waals surface area contributed by atoms with E-state index in [-0.39, 0.29) is 19.6 Å². The van der Waals surface area contributed by atoms with E-state index in [0.717, 1.165) is 4.47 Å². The summed E-state index contributed by atoms with van der Waals surface area (Å²) in [4.78, 5) is 0. The van der Waals surface area contributed by atoms with Crippen LogP contribution in [0.3, 0.4) is 0 Å². The Kier molecular flexibility index (Phi) is 5.08. The molecule has 0 fully saturated rings. The highest BCUT2D eigenvalue weighted by Crippen LogP contribution is 2.31. The van der Waals surface area contributed by atoms with Crippen molar-refractivity contribution in [3.8, 4) is 0 Å². The number of hydrogen-bond acceptors (Lipinski definition) is 2. The van der Waals surface area contributed by atoms with Gasteiger partial charge in [-0.05, 0) is 41.8 Å². The molecule has 5 heteroatoms. The molecule has 2 aromatic carbocycles. The Labute approximate surface area is 130 Å². The highest BCUT2D eigenvalue weighted by Gasteiger charge is 2.33. The fourth-order valence-corrected chi connectivity index (χ4v) is 2.83. The van der Waals surface area contributed by atoms with E-state index in [2.05, 4.69) is 15.9 Å². The van der Waals surface area contributed by atoms with Crippen molar-refractivity contribution in [2.75, 3.05) is 13.2 Å². The van der Waals surface area contributed by atoms with E-state index in [1.807, 2.05) is 0 Å². The average molecular weight is 356 g/mol. The predicted octanol–water partition coefficient (Wildman–Crippen LogP) is 3.16. The SMILES string of the molecule is NCC(CO)(Cc1cc(Br)ccc1F)c1ccccc1F. The predicted molar refractivity (Wildman–Crippen MR) is 82.0 cm³/mol. The van der Waals surface area contributed by atoms with E-state index in [9.17, 15) is 13.9 Å². The zero-order chi connectivity index (χ0) is 15.5. The van der Waals surface area contributed by atoms with Crippen molar-refractivity contribution >= 4 is 15.9 Å². The summed E-state index contributed by atoms with van der Waals surface area (Å²) in [6, 6.07) is 10.7. The second kappa shape index (κ2) is 6.64. The Bertz CT molecular complexity index is 629. The molecule has 0 aromatic heterocycles. The molecule has 0 aliphatic heterocycles. The normalized spacial score (nSPS) is 14.0. The van der Waals surface area contributed by atoms with Crippen molar-refractivity contribution in [2.45, 2.75) is 11.8 Å². The van der Waals surface area contributed by atoms with Crippen LogP contribution in [0, 0.1) is 11.6 Å². The molecule has 0 amide bonds. The number of nitrogens with two attached hydrogens (primary N) is 1. The van der Waals surface area contributed by atoms with Gasteiger partial charge in [-0.1, -0.05) is 34.1 Å². The molecular formula is C16H16BrF2NO. The summed E-state index contributed by atoms with van der Waals surface area (Å²) in [5.41, 5.74) is 5.43. The monoisotopic (exact) mass is 355 g/mol. The van der Waals surface area contributed by atoms with Crippen LogP contribution < -0.4 is 5.73 Å². The van der Waals surface area contributed by atoms with Gasteiger partial charge in [-0.3, -0.25) is 0 Å². The van der Waals surface area contributed by atoms with Gasteiger partial charge >= 0.3 is 0 Å². The van der Waals surface area contributed by atoms with Crippen LogP contribution in [0.2, 0.25) is 0 Å². The standard InChI is InChI=1S/C16H16BrF2NO/c17-12-5-6-14(18)11(7-12)8-16(9-20,10-21)13-3-1-2-4-15(13)19/h1-7,21H,8-10,20H2. The Balaban J connectivity index is 2.48. The molecule has 2 nitrogen and oxygen atoms in total. The molecule has 0 aliphatic rings. The van der Waals surface area contributed by atoms with E-state index < -0.39 is 17.0 Å². The highest BCUT2D eigenvalue weighted by molar-refractivity contribution is 9.10. The minimum Gasteiger partial charge on any atom is -0.395 e. The summed E-state index contributed by atoms with van der Waals surface area (Å²) in [6.45, 7) is -0.354. The van der Waals surface area contributed by atoms with Crippen molar-refractivity contribution in [1.29, 1.82) is 0 Å². The fourth-order valence-electron chi connectivity index (χ4n) is 2.42. The molecule has 2 aromatic rings. The lowest BCUT2D eigenvalue weighted by molar-refractivity contribution is 0.191. The third-order valence-electron chi connectivity index (χ3n) is 3.68. The number of rotatable bonds is 5. The maximum Gasteiger partial charge on any atom is 0.127 e. The van der Waals surface area contributed by atoms with Crippen LogP contribution >= 0.6 is 15.9 Å². The number of hydrogen-bond donors (Lipinski definition) is 2. The molecule has 112 valence electrons. The topological polar surface area (TPSA) is 46.2 Å². The molecule has 0 aliphatic carbocycles. The molecular weight excluding hydrogens is 340 g/mol. The first-order valence-electron chi connectivity index (χ1n) is 6.52. The van der Waals surface area contributed by atoms with Crippen molar-refractivity contribution in [2.24, 2.45) is 5.73 Å². The first kappa shape index (κ1) is 16.1. The first-order valence-corrected chi connectivity index (χ1v) is 7.31. The molecule has 0 saturated heterocycles. The van der Waals surface area contributed by atoms with Crippen LogP contribution in [0.4, 0.5) is 8.78 Å². The largest absolute Gasteiger partial charge is 0.395 e. The Hall–Kier alpha value is -1.30. The lowest BCUT2D eigenvalue weighted by Gasteiger charge is -2.31. The van der Waals surface area contributed by atoms with Crippen LogP contribution in [-0.4, -0.2) is 18.3 Å². The van der Waals surface area contributed by atoms with Gasteiger partial charge in [0.05, 0.1) is 6.61 Å². The summed E-state index contributed by atoms with van der Waals surface area (Å²) in [5, 5.41) is 9.80. The Morgan fingerprint density at radius 2 is 1.81 bits per heavy atom. The maximum absolute atomic E-state index is 14.1. The van der Waals surface area contributed by atoms with Crippen LogP contribution in [0.1, 0.15) is 11.1 Å². The van der Waals surface area contributed by atoms with E-state index >= 15 is 0 Å². The summed E-state index contributed by atoms with van der Waals surface area (Å²) in [7, 11) is 0. The third kappa shape index (κ3) is 3.31. The number of aliphatic hydroxyl groups excluding tert-OH is 1. The lowest BCUT2D eigenvalue weighted by Crippen LogP contribution is -2.42. The number of halogens is 3. The molecule has 21 heavy (non-hydrogen) atoms. The Morgan fingerprint density at radius 1 is 1.10 bits per heavy atom. The van der Waals surface area contributed by atoms with Gasteiger partial charge in [0.1, 0.15) is 11.6 Å². The first-order chi connectivity index (χ1) is 10.0. The molecule has 0 bridgehead atoms. The van der Waals surface area contributed by atoms with Crippen molar-refractivity contribution in [3.05, 3.63) is 69.7 Å². The van der Waals surface area contributed by atoms with Gasteiger partial charge in [0, 0.05) is 16.4 Å². The Morgan fingerprint density at radius 3 is 2.43 bits per heavy atom. The zero-order valence-corrected chi connectivity index (χ0v) is 12.9. The van der Waals surface area contributed by atoms with Crippen LogP contribution in [0.5, 0.6) is 0 Å². The summed E-state index contributed by atoms with van der Waals surface area (Å²) < 4.78 is 28.7. The molecule has 1 unspecified atom stereocenters. The molecule has 0 radical (unpaired) electrons. The van der Waals surface area contributed by atoms with E-state index in [4.69, 9.17) is 5.73 Å². The molecule has 0 saturated carbocycles. The van der Waals surface area contributed by atoms with Crippen LogP contribution in [0.25, 0.3) is 0 Å². The fraction of sp³-hybridized carbons (Fsp3) is 0.250. The van der Waals surface area contributed by atoms with Gasteiger partial charge in [0.25, 0.3) is 0 Å². The van der Waals surface area contributed by atoms with Gasteiger partial charge in [-0.25, -0.2) is 8.78 Å². The number of benzene rings is 2. The van der Waals surface area contributed by atoms with Gasteiger partial charge < -0.3 is 10.8 Å². The van der Waals surface area contributed by atoms with Gasteiger partial charge in [0.2, 0.25) is 0 Å². The average Bonchev–Trinajstić information content (AvgIpc) is 2.49. The highest BCUT2D eigenvalue weighted by atomic mass is 79.9. The van der Waals surface area contributed by atoms with Crippen molar-refractivity contribution < 1.29 is 13.9 Å². The van der Waals surface area contributed by atoms with E-state index in [0.29, 0.717) is 11.1 Å². The second-order valence-corrected chi connectivity index (χ2v) is 5.95. The van der Waals surface area contributed by atoms with Gasteiger partial charge in [-0.2, -0.15) is 0 Å². The third-order valence-corrected chi connectivity index (χ3v) is 4.17. The van der Waals surface area contributed by atoms with Crippen molar-refractivity contribution in [1.82, 2.24) is 0 Å². The molecule has 0 heterocycles. The molecule has 2 rings (SSSR count). The van der Waals surface area contributed by atoms with E-state index in [1.54, 1.807) is 30.3 Å². The van der Waals surface area contributed by atoms with E-state index in [1.165, 1.54) is 12.1 Å². The van der Waals surface area contributed by atoms with Gasteiger partial charge in [0.15, 0.2) is 0 Å². The minimum absolute atomic E-state index is 0.0103.